The molecule has 0 aliphatic carbocycles. The minimum atomic E-state index is -1.57. The summed E-state index contributed by atoms with van der Waals surface area (Å²) in [6, 6.07) is -0.818. The van der Waals surface area contributed by atoms with Gasteiger partial charge >= 0.3 is 0 Å². The van der Waals surface area contributed by atoms with Crippen molar-refractivity contribution in [3.05, 3.63) is 24.3 Å². The number of unbranched alkanes of at least 4 members (excludes halogenated alkanes) is 45. The Bertz CT molecular complexity index is 1210. The van der Waals surface area contributed by atoms with Gasteiger partial charge in [0.1, 0.15) is 24.4 Å². The molecule has 9 nitrogen and oxygen atoms in total. The maximum Gasteiger partial charge on any atom is 0.220 e. The van der Waals surface area contributed by atoms with Crippen LogP contribution in [0.5, 0.6) is 0 Å². The fourth-order valence-corrected chi connectivity index (χ4v) is 10.6. The first kappa shape index (κ1) is 70.7. The van der Waals surface area contributed by atoms with Crippen LogP contribution in [0.3, 0.4) is 0 Å². The molecular formula is C65H125NO8. The molecule has 6 N–H and O–H groups in total. The Balaban J connectivity index is 2.04. The quantitative estimate of drug-likeness (QED) is 0.0261. The third-order valence-corrected chi connectivity index (χ3v) is 15.8. The van der Waals surface area contributed by atoms with Crippen LogP contribution >= 0.6 is 0 Å². The Labute approximate surface area is 458 Å². The first-order valence-electron chi connectivity index (χ1n) is 32.6. The van der Waals surface area contributed by atoms with E-state index in [1.54, 1.807) is 6.08 Å². The molecule has 7 atom stereocenters. The van der Waals surface area contributed by atoms with Gasteiger partial charge in [0.25, 0.3) is 0 Å². The van der Waals surface area contributed by atoms with E-state index >= 15 is 0 Å². The van der Waals surface area contributed by atoms with Gasteiger partial charge in [0.2, 0.25) is 5.91 Å². The summed E-state index contributed by atoms with van der Waals surface area (Å²) in [5.74, 6) is -0.181. The molecule has 1 rings (SSSR count). The Morgan fingerprint density at radius 3 is 1.14 bits per heavy atom. The van der Waals surface area contributed by atoms with Crippen LogP contribution in [0.25, 0.3) is 0 Å². The highest BCUT2D eigenvalue weighted by Crippen LogP contribution is 2.23. The van der Waals surface area contributed by atoms with Crippen molar-refractivity contribution >= 4 is 5.91 Å². The Morgan fingerprint density at radius 1 is 0.446 bits per heavy atom. The van der Waals surface area contributed by atoms with Crippen molar-refractivity contribution in [1.29, 1.82) is 0 Å². The van der Waals surface area contributed by atoms with Crippen molar-refractivity contribution in [3.8, 4) is 0 Å². The van der Waals surface area contributed by atoms with E-state index in [1.807, 2.05) is 6.08 Å². The van der Waals surface area contributed by atoms with Gasteiger partial charge in [-0.15, -0.1) is 0 Å². The predicted molar refractivity (Wildman–Crippen MR) is 314 cm³/mol. The third kappa shape index (κ3) is 43.6. The zero-order valence-corrected chi connectivity index (χ0v) is 48.9. The summed E-state index contributed by atoms with van der Waals surface area (Å²) in [4.78, 5) is 13.1. The highest BCUT2D eigenvalue weighted by molar-refractivity contribution is 5.76. The normalized spacial score (nSPS) is 19.0. The molecule has 0 saturated carbocycles. The van der Waals surface area contributed by atoms with E-state index < -0.39 is 49.5 Å². The molecule has 9 heteroatoms. The molecule has 0 aromatic heterocycles. The fraction of sp³-hybridized carbons (Fsp3) is 0.923. The predicted octanol–water partition coefficient (Wildman–Crippen LogP) is 16.9. The first-order valence-corrected chi connectivity index (χ1v) is 32.6. The van der Waals surface area contributed by atoms with Crippen molar-refractivity contribution in [2.75, 3.05) is 13.2 Å². The van der Waals surface area contributed by atoms with Crippen molar-refractivity contribution < 1.29 is 39.8 Å². The number of aliphatic hydroxyl groups is 5. The van der Waals surface area contributed by atoms with E-state index in [9.17, 15) is 30.3 Å². The number of hydrogen-bond donors (Lipinski definition) is 6. The summed E-state index contributed by atoms with van der Waals surface area (Å²) in [5.41, 5.74) is 0. The topological polar surface area (TPSA) is 149 Å². The lowest BCUT2D eigenvalue weighted by atomic mass is 9.99. The van der Waals surface area contributed by atoms with Crippen LogP contribution in [0.1, 0.15) is 328 Å². The van der Waals surface area contributed by atoms with Crippen LogP contribution in [0, 0.1) is 0 Å². The van der Waals surface area contributed by atoms with Crippen molar-refractivity contribution in [2.45, 2.75) is 371 Å². The molecule has 7 unspecified atom stereocenters. The molecule has 74 heavy (non-hydrogen) atoms. The molecule has 1 amide bonds. The number of carbonyl (C=O) groups is 1. The van der Waals surface area contributed by atoms with E-state index in [0.717, 1.165) is 38.5 Å². The van der Waals surface area contributed by atoms with Crippen molar-refractivity contribution in [1.82, 2.24) is 5.32 Å². The van der Waals surface area contributed by atoms with Gasteiger partial charge < -0.3 is 40.3 Å². The van der Waals surface area contributed by atoms with Crippen LogP contribution in [0.15, 0.2) is 24.3 Å². The van der Waals surface area contributed by atoms with Gasteiger partial charge in [0.05, 0.1) is 25.4 Å². The summed E-state index contributed by atoms with van der Waals surface area (Å²) >= 11 is 0. The minimum absolute atomic E-state index is 0.181. The molecule has 1 aliphatic heterocycles. The number of ether oxygens (including phenoxy) is 2. The monoisotopic (exact) mass is 1050 g/mol. The summed E-state index contributed by atoms with van der Waals surface area (Å²) < 4.78 is 11.3. The largest absolute Gasteiger partial charge is 0.394 e. The number of nitrogens with one attached hydrogen (secondary N) is 1. The second-order valence-corrected chi connectivity index (χ2v) is 22.9. The lowest BCUT2D eigenvalue weighted by Crippen LogP contribution is -2.60. The molecular weight excluding hydrogens is 923 g/mol. The molecule has 0 radical (unpaired) electrons. The van der Waals surface area contributed by atoms with Crippen molar-refractivity contribution in [2.24, 2.45) is 0 Å². The maximum atomic E-state index is 13.1. The smallest absolute Gasteiger partial charge is 0.220 e. The summed E-state index contributed by atoms with van der Waals surface area (Å²) in [7, 11) is 0. The van der Waals surface area contributed by atoms with E-state index in [1.165, 1.54) is 270 Å². The molecule has 1 saturated heterocycles. The highest BCUT2D eigenvalue weighted by Gasteiger charge is 2.44. The SMILES string of the molecule is CCCCCCCCCC/C=C/CC/C=C/C(O)C(COC1OC(CO)C(O)C(O)C1O)NC(=O)CCCCCCCCCCCCCCCCCCCCCCCCCCCCCCCCCCCCCCC. The number of aliphatic hydroxyl groups excluding tert-OH is 5. The molecule has 0 aromatic carbocycles. The van der Waals surface area contributed by atoms with Crippen LogP contribution in [0.4, 0.5) is 0 Å². The summed E-state index contributed by atoms with van der Waals surface area (Å²) in [6.07, 6.45) is 64.4. The fourth-order valence-electron chi connectivity index (χ4n) is 10.6. The van der Waals surface area contributed by atoms with Gasteiger partial charge in [-0.05, 0) is 32.1 Å². The maximum absolute atomic E-state index is 13.1. The Kier molecular flexibility index (Phi) is 52.5. The minimum Gasteiger partial charge on any atom is -0.394 e. The molecule has 1 heterocycles. The zero-order valence-electron chi connectivity index (χ0n) is 48.9. The third-order valence-electron chi connectivity index (χ3n) is 15.8. The first-order chi connectivity index (χ1) is 36.3. The van der Waals surface area contributed by atoms with Crippen molar-refractivity contribution in [3.63, 3.8) is 0 Å². The molecule has 438 valence electrons. The number of hydrogen-bond acceptors (Lipinski definition) is 8. The lowest BCUT2D eigenvalue weighted by Gasteiger charge is -2.40. The standard InChI is InChI=1S/C65H125NO8/c1-3-5-7-9-11-13-15-17-19-20-21-22-23-24-25-26-27-28-29-30-31-32-33-34-35-36-37-38-39-40-41-43-45-47-49-51-53-55-61(69)66-58(57-73-65-64(72)63(71)62(70)60(56-67)74-65)59(68)54-52-50-48-46-44-42-18-16-14-12-10-8-6-4-2/h44,46,52,54,58-60,62-65,67-68,70-72H,3-43,45,47-51,53,55-57H2,1-2H3,(H,66,69)/b46-44+,54-52+. The zero-order chi connectivity index (χ0) is 53.6. The van der Waals surface area contributed by atoms with E-state index in [0.29, 0.717) is 6.42 Å². The number of amides is 1. The van der Waals surface area contributed by atoms with Gasteiger partial charge in [0.15, 0.2) is 6.29 Å². The second kappa shape index (κ2) is 55.0. The van der Waals surface area contributed by atoms with Crippen LogP contribution in [-0.4, -0.2) is 87.5 Å². The summed E-state index contributed by atoms with van der Waals surface area (Å²) in [6.45, 7) is 3.79. The van der Waals surface area contributed by atoms with Gasteiger partial charge in [-0.2, -0.15) is 0 Å². The second-order valence-electron chi connectivity index (χ2n) is 22.9. The van der Waals surface area contributed by atoms with E-state index in [4.69, 9.17) is 9.47 Å². The van der Waals surface area contributed by atoms with E-state index in [2.05, 4.69) is 31.3 Å². The number of allylic oxidation sites excluding steroid dienone is 3. The van der Waals surface area contributed by atoms with Gasteiger partial charge in [-0.25, -0.2) is 0 Å². The van der Waals surface area contributed by atoms with Gasteiger partial charge in [0, 0.05) is 6.42 Å². The molecule has 1 fully saturated rings. The van der Waals surface area contributed by atoms with Crippen LogP contribution < -0.4 is 5.32 Å². The van der Waals surface area contributed by atoms with E-state index in [-0.39, 0.29) is 12.5 Å². The Morgan fingerprint density at radius 2 is 0.770 bits per heavy atom. The molecule has 0 spiro atoms. The average molecular weight is 1050 g/mol. The highest BCUT2D eigenvalue weighted by atomic mass is 16.7. The van der Waals surface area contributed by atoms with Gasteiger partial charge in [-0.3, -0.25) is 4.79 Å². The van der Waals surface area contributed by atoms with Crippen LogP contribution in [0.2, 0.25) is 0 Å². The van der Waals surface area contributed by atoms with Gasteiger partial charge in [-0.1, -0.05) is 314 Å². The molecule has 1 aliphatic rings. The number of carbonyl (C=O) groups excluding carboxylic acids is 1. The number of rotatable bonds is 57. The Hall–Kier alpha value is -1.33. The summed E-state index contributed by atoms with van der Waals surface area (Å²) in [5, 5.41) is 54.5. The van der Waals surface area contributed by atoms with Crippen LogP contribution in [-0.2, 0) is 14.3 Å². The lowest BCUT2D eigenvalue weighted by molar-refractivity contribution is -0.302. The molecule has 0 aromatic rings. The average Bonchev–Trinajstić information content (AvgIpc) is 3.40. The molecule has 0 bridgehead atoms.